The van der Waals surface area contributed by atoms with Crippen LogP contribution in [0.1, 0.15) is 0 Å². The third-order valence-corrected chi connectivity index (χ3v) is 4.66. The molecule has 0 radical (unpaired) electrons. The fourth-order valence-corrected chi connectivity index (χ4v) is 3.46. The summed E-state index contributed by atoms with van der Waals surface area (Å²) in [6, 6.07) is 11.2. The molecule has 0 fully saturated rings. The Morgan fingerprint density at radius 1 is 0.800 bits per heavy atom. The lowest BCUT2D eigenvalue weighted by atomic mass is 10.00. The molecule has 0 aliphatic carbocycles. The van der Waals surface area contributed by atoms with Crippen molar-refractivity contribution in [2.24, 2.45) is 7.05 Å². The van der Waals surface area contributed by atoms with E-state index in [2.05, 4.69) is 0 Å². The molecule has 2 N–H and O–H groups in total. The third kappa shape index (κ3) is 2.12. The number of phenols is 2. The number of pyridine rings is 1. The lowest BCUT2D eigenvalue weighted by molar-refractivity contribution is -0.642. The highest BCUT2D eigenvalue weighted by Crippen LogP contribution is 2.39. The Kier molecular flexibility index (Phi) is 3.32. The number of fused-ring (bicyclic) bond motifs is 5. The quantitative estimate of drug-likeness (QED) is 0.435. The van der Waals surface area contributed by atoms with Gasteiger partial charge >= 0.3 is 0 Å². The van der Waals surface area contributed by atoms with Crippen LogP contribution in [0.5, 0.6) is 23.0 Å². The molecular formula is C20H18NO4+. The second-order valence-corrected chi connectivity index (χ2v) is 6.02. The van der Waals surface area contributed by atoms with Crippen molar-refractivity contribution >= 4 is 32.4 Å². The Balaban J connectivity index is 2.19. The van der Waals surface area contributed by atoms with Gasteiger partial charge in [0, 0.05) is 5.39 Å². The topological polar surface area (TPSA) is 62.8 Å². The first-order valence-corrected chi connectivity index (χ1v) is 7.87. The van der Waals surface area contributed by atoms with Crippen LogP contribution in [0.3, 0.4) is 0 Å². The molecule has 0 aliphatic heterocycles. The number of rotatable bonds is 2. The molecule has 5 nitrogen and oxygen atoms in total. The van der Waals surface area contributed by atoms with Crippen LogP contribution >= 0.6 is 0 Å². The molecular weight excluding hydrogens is 318 g/mol. The maximum atomic E-state index is 10.5. The average Bonchev–Trinajstić information content (AvgIpc) is 2.61. The van der Waals surface area contributed by atoms with Crippen molar-refractivity contribution in [3.05, 3.63) is 42.6 Å². The molecule has 0 saturated heterocycles. The van der Waals surface area contributed by atoms with E-state index >= 15 is 0 Å². The second-order valence-electron chi connectivity index (χ2n) is 6.02. The van der Waals surface area contributed by atoms with Gasteiger partial charge in [0.05, 0.1) is 30.4 Å². The van der Waals surface area contributed by atoms with Gasteiger partial charge in [0.25, 0.3) is 0 Å². The van der Waals surface area contributed by atoms with Crippen LogP contribution in [0.25, 0.3) is 32.4 Å². The maximum absolute atomic E-state index is 10.5. The predicted octanol–water partition coefficient (Wildman–Crippen LogP) is 3.40. The Bertz CT molecular complexity index is 1150. The number of methoxy groups -OCH3 is 2. The van der Waals surface area contributed by atoms with E-state index < -0.39 is 0 Å². The number of aryl methyl sites for hydroxylation is 1. The SMILES string of the molecule is COc1cc2ccc3c4ccc(OC)c(O)c4c[n+](C)c3c2cc1O. The smallest absolute Gasteiger partial charge is 0.220 e. The van der Waals surface area contributed by atoms with Crippen molar-refractivity contribution in [2.45, 2.75) is 0 Å². The summed E-state index contributed by atoms with van der Waals surface area (Å²) in [7, 11) is 4.98. The summed E-state index contributed by atoms with van der Waals surface area (Å²) in [4.78, 5) is 0. The van der Waals surface area contributed by atoms with Crippen LogP contribution in [0.2, 0.25) is 0 Å². The van der Waals surface area contributed by atoms with Gasteiger partial charge in [0.15, 0.2) is 29.2 Å². The predicted molar refractivity (Wildman–Crippen MR) is 96.6 cm³/mol. The highest BCUT2D eigenvalue weighted by molar-refractivity contribution is 6.15. The highest BCUT2D eigenvalue weighted by atomic mass is 16.5. The number of hydrogen-bond acceptors (Lipinski definition) is 4. The van der Waals surface area contributed by atoms with Gasteiger partial charge in [-0.1, -0.05) is 6.07 Å². The third-order valence-electron chi connectivity index (χ3n) is 4.66. The first-order chi connectivity index (χ1) is 12.0. The first kappa shape index (κ1) is 15.3. The molecule has 0 aliphatic rings. The van der Waals surface area contributed by atoms with Gasteiger partial charge in [-0.15, -0.1) is 0 Å². The van der Waals surface area contributed by atoms with Crippen molar-refractivity contribution in [2.75, 3.05) is 14.2 Å². The molecule has 0 atom stereocenters. The molecule has 1 aromatic heterocycles. The van der Waals surface area contributed by atoms with E-state index in [4.69, 9.17) is 9.47 Å². The Morgan fingerprint density at radius 2 is 1.52 bits per heavy atom. The van der Waals surface area contributed by atoms with E-state index in [1.165, 1.54) is 14.2 Å². The van der Waals surface area contributed by atoms with Crippen LogP contribution in [-0.2, 0) is 7.05 Å². The lowest BCUT2D eigenvalue weighted by Crippen LogP contribution is -2.28. The molecule has 25 heavy (non-hydrogen) atoms. The molecule has 0 saturated carbocycles. The molecule has 4 rings (SSSR count). The maximum Gasteiger partial charge on any atom is 0.220 e. The summed E-state index contributed by atoms with van der Waals surface area (Å²) in [5, 5.41) is 25.2. The van der Waals surface area contributed by atoms with E-state index in [0.29, 0.717) is 16.9 Å². The van der Waals surface area contributed by atoms with Crippen molar-refractivity contribution in [1.82, 2.24) is 0 Å². The van der Waals surface area contributed by atoms with E-state index in [1.54, 1.807) is 12.1 Å². The number of hydrogen-bond donors (Lipinski definition) is 2. The van der Waals surface area contributed by atoms with Crippen LogP contribution < -0.4 is 14.0 Å². The summed E-state index contributed by atoms with van der Waals surface area (Å²) in [6.45, 7) is 0. The van der Waals surface area contributed by atoms with E-state index in [-0.39, 0.29) is 11.5 Å². The second kappa shape index (κ2) is 5.41. The Labute approximate surface area is 144 Å². The number of ether oxygens (including phenoxy) is 2. The van der Waals surface area contributed by atoms with Crippen LogP contribution in [0.4, 0.5) is 0 Å². The van der Waals surface area contributed by atoms with Gasteiger partial charge in [0.1, 0.15) is 7.05 Å². The summed E-state index contributed by atoms with van der Waals surface area (Å²) < 4.78 is 12.4. The summed E-state index contributed by atoms with van der Waals surface area (Å²) in [5.74, 6) is 1.10. The van der Waals surface area contributed by atoms with Crippen molar-refractivity contribution in [3.63, 3.8) is 0 Å². The molecule has 0 amide bonds. The monoisotopic (exact) mass is 336 g/mol. The molecule has 4 aromatic rings. The van der Waals surface area contributed by atoms with E-state index in [9.17, 15) is 10.2 Å². The summed E-state index contributed by atoms with van der Waals surface area (Å²) in [6.07, 6.45) is 1.87. The summed E-state index contributed by atoms with van der Waals surface area (Å²) >= 11 is 0. The molecule has 5 heteroatoms. The van der Waals surface area contributed by atoms with E-state index in [1.807, 2.05) is 42.1 Å². The number of aromatic hydroxyl groups is 2. The van der Waals surface area contributed by atoms with Crippen molar-refractivity contribution in [1.29, 1.82) is 0 Å². The number of phenolic OH excluding ortho intramolecular Hbond substituents is 2. The average molecular weight is 336 g/mol. The zero-order valence-corrected chi connectivity index (χ0v) is 14.2. The van der Waals surface area contributed by atoms with Gasteiger partial charge in [-0.05, 0) is 35.7 Å². The molecule has 126 valence electrons. The molecule has 0 spiro atoms. The summed E-state index contributed by atoms with van der Waals surface area (Å²) in [5.41, 5.74) is 0.965. The molecule has 0 bridgehead atoms. The van der Waals surface area contributed by atoms with Gasteiger partial charge in [-0.2, -0.15) is 4.57 Å². The fourth-order valence-electron chi connectivity index (χ4n) is 3.46. The van der Waals surface area contributed by atoms with Gasteiger partial charge < -0.3 is 19.7 Å². The lowest BCUT2D eigenvalue weighted by Gasteiger charge is -2.10. The number of benzene rings is 3. The van der Waals surface area contributed by atoms with Crippen LogP contribution in [-0.4, -0.2) is 24.4 Å². The number of nitrogens with zero attached hydrogens (tertiary/aromatic N) is 1. The normalized spacial score (nSPS) is 11.3. The van der Waals surface area contributed by atoms with Gasteiger partial charge in [-0.25, -0.2) is 0 Å². The minimum atomic E-state index is 0.0974. The van der Waals surface area contributed by atoms with Crippen LogP contribution in [0.15, 0.2) is 42.6 Å². The van der Waals surface area contributed by atoms with Gasteiger partial charge in [0.2, 0.25) is 5.52 Å². The minimum Gasteiger partial charge on any atom is -0.504 e. The molecule has 0 unspecified atom stereocenters. The Morgan fingerprint density at radius 3 is 2.24 bits per heavy atom. The highest BCUT2D eigenvalue weighted by Gasteiger charge is 2.19. The van der Waals surface area contributed by atoms with Crippen molar-refractivity contribution < 1.29 is 24.3 Å². The largest absolute Gasteiger partial charge is 0.504 e. The van der Waals surface area contributed by atoms with Gasteiger partial charge in [-0.3, -0.25) is 0 Å². The zero-order valence-electron chi connectivity index (χ0n) is 14.2. The number of aromatic nitrogens is 1. The zero-order chi connectivity index (χ0) is 17.7. The van der Waals surface area contributed by atoms with Crippen LogP contribution in [0, 0.1) is 0 Å². The first-order valence-electron chi connectivity index (χ1n) is 7.87. The molecule has 1 heterocycles. The minimum absolute atomic E-state index is 0.0974. The Hall–Kier alpha value is -3.21. The van der Waals surface area contributed by atoms with E-state index in [0.717, 1.165) is 27.1 Å². The molecule has 3 aromatic carbocycles. The van der Waals surface area contributed by atoms with Crippen molar-refractivity contribution in [3.8, 4) is 23.0 Å². The fraction of sp³-hybridized carbons (Fsp3) is 0.150. The standard InChI is InChI=1S/C20H17NO4/c1-21-10-15-12(6-7-17(24-2)20(15)23)13-5-4-11-8-18(25-3)16(22)9-14(11)19(13)21/h4-10,22H,1-3H3/p+1.